The largest absolute Gasteiger partial charge is 0.355 e. The van der Waals surface area contributed by atoms with Crippen molar-refractivity contribution in [1.82, 2.24) is 4.98 Å². The van der Waals surface area contributed by atoms with E-state index in [4.69, 9.17) is 5.73 Å². The third-order valence-corrected chi connectivity index (χ3v) is 3.40. The van der Waals surface area contributed by atoms with Crippen molar-refractivity contribution >= 4 is 5.82 Å². The first-order chi connectivity index (χ1) is 7.97. The molecule has 1 aliphatic rings. The van der Waals surface area contributed by atoms with Gasteiger partial charge in [-0.25, -0.2) is 4.98 Å². The number of aromatic nitrogens is 1. The molecule has 0 spiro atoms. The van der Waals surface area contributed by atoms with Crippen molar-refractivity contribution in [3.8, 4) is 0 Å². The highest BCUT2D eigenvalue weighted by atomic mass is 15.2. The molecule has 1 aliphatic heterocycles. The van der Waals surface area contributed by atoms with Crippen LogP contribution in [-0.2, 0) is 5.41 Å². The Bertz CT molecular complexity index is 364. The molecular weight excluding hydrogens is 210 g/mol. The average molecular weight is 233 g/mol. The Kier molecular flexibility index (Phi) is 3.38. The highest BCUT2D eigenvalue weighted by Crippen LogP contribution is 2.24. The monoisotopic (exact) mass is 233 g/mol. The molecule has 17 heavy (non-hydrogen) atoms. The van der Waals surface area contributed by atoms with Crippen LogP contribution in [0.5, 0.6) is 0 Å². The van der Waals surface area contributed by atoms with E-state index in [1.165, 1.54) is 12.0 Å². The molecule has 0 saturated carbocycles. The van der Waals surface area contributed by atoms with Gasteiger partial charge >= 0.3 is 0 Å². The zero-order valence-electron chi connectivity index (χ0n) is 11.1. The third kappa shape index (κ3) is 2.97. The zero-order valence-corrected chi connectivity index (χ0v) is 11.1. The topological polar surface area (TPSA) is 42.1 Å². The molecule has 1 saturated heterocycles. The highest BCUT2D eigenvalue weighted by molar-refractivity contribution is 5.41. The lowest BCUT2D eigenvalue weighted by molar-refractivity contribution is 0.502. The van der Waals surface area contributed by atoms with E-state index in [1.807, 2.05) is 6.20 Å². The number of piperidine rings is 1. The van der Waals surface area contributed by atoms with E-state index < -0.39 is 0 Å². The number of pyridine rings is 1. The Morgan fingerprint density at radius 3 is 2.65 bits per heavy atom. The Morgan fingerprint density at radius 1 is 1.35 bits per heavy atom. The van der Waals surface area contributed by atoms with E-state index in [0.717, 1.165) is 25.3 Å². The fraction of sp³-hybridized carbons (Fsp3) is 0.643. The number of nitrogens with zero attached hydrogens (tertiary/aromatic N) is 2. The van der Waals surface area contributed by atoms with Gasteiger partial charge in [-0.1, -0.05) is 26.8 Å². The molecule has 1 atom stereocenters. The lowest BCUT2D eigenvalue weighted by atomic mass is 9.88. The van der Waals surface area contributed by atoms with Gasteiger partial charge < -0.3 is 10.6 Å². The van der Waals surface area contributed by atoms with Crippen molar-refractivity contribution in [2.75, 3.05) is 18.0 Å². The van der Waals surface area contributed by atoms with Crippen molar-refractivity contribution in [3.63, 3.8) is 0 Å². The van der Waals surface area contributed by atoms with Crippen LogP contribution >= 0.6 is 0 Å². The van der Waals surface area contributed by atoms with E-state index in [9.17, 15) is 0 Å². The van der Waals surface area contributed by atoms with Gasteiger partial charge in [-0.15, -0.1) is 0 Å². The Hall–Kier alpha value is -1.09. The van der Waals surface area contributed by atoms with Crippen molar-refractivity contribution in [1.29, 1.82) is 0 Å². The summed E-state index contributed by atoms with van der Waals surface area (Å²) in [6, 6.07) is 4.61. The van der Waals surface area contributed by atoms with Gasteiger partial charge in [0.2, 0.25) is 0 Å². The first-order valence-electron chi connectivity index (χ1n) is 6.44. The van der Waals surface area contributed by atoms with Crippen molar-refractivity contribution in [3.05, 3.63) is 23.9 Å². The fourth-order valence-electron chi connectivity index (χ4n) is 2.23. The second-order valence-corrected chi connectivity index (χ2v) is 6.00. The number of rotatable bonds is 1. The van der Waals surface area contributed by atoms with E-state index in [1.54, 1.807) is 0 Å². The Morgan fingerprint density at radius 2 is 2.12 bits per heavy atom. The lowest BCUT2D eigenvalue weighted by Gasteiger charge is -2.32. The normalized spacial score (nSPS) is 21.6. The second kappa shape index (κ2) is 4.65. The van der Waals surface area contributed by atoms with E-state index >= 15 is 0 Å². The molecule has 0 aliphatic carbocycles. The predicted octanol–water partition coefficient (Wildman–Crippen LogP) is 2.31. The number of hydrogen-bond donors (Lipinski definition) is 1. The van der Waals surface area contributed by atoms with Crippen LogP contribution in [0.2, 0.25) is 0 Å². The first kappa shape index (κ1) is 12.4. The van der Waals surface area contributed by atoms with Crippen molar-refractivity contribution in [2.45, 2.75) is 45.1 Å². The second-order valence-electron chi connectivity index (χ2n) is 6.00. The minimum atomic E-state index is 0.170. The molecule has 2 rings (SSSR count). The fourth-order valence-corrected chi connectivity index (χ4v) is 2.23. The van der Waals surface area contributed by atoms with E-state index in [-0.39, 0.29) is 5.41 Å². The molecule has 0 aromatic carbocycles. The summed E-state index contributed by atoms with van der Waals surface area (Å²) < 4.78 is 0. The molecule has 2 heterocycles. The number of nitrogens with two attached hydrogens (primary N) is 1. The molecule has 3 heteroatoms. The summed E-state index contributed by atoms with van der Waals surface area (Å²) >= 11 is 0. The van der Waals surface area contributed by atoms with Gasteiger partial charge in [0.15, 0.2) is 0 Å². The molecular formula is C14H23N3. The van der Waals surface area contributed by atoms with Gasteiger partial charge in [0.25, 0.3) is 0 Å². The maximum absolute atomic E-state index is 5.99. The molecule has 1 unspecified atom stereocenters. The predicted molar refractivity (Wildman–Crippen MR) is 72.4 cm³/mol. The molecule has 2 N–H and O–H groups in total. The maximum Gasteiger partial charge on any atom is 0.128 e. The van der Waals surface area contributed by atoms with Crippen molar-refractivity contribution < 1.29 is 0 Å². The molecule has 1 aromatic heterocycles. The summed E-state index contributed by atoms with van der Waals surface area (Å²) in [5.41, 5.74) is 7.44. The quantitative estimate of drug-likeness (QED) is 0.809. The molecule has 1 fully saturated rings. The highest BCUT2D eigenvalue weighted by Gasteiger charge is 2.19. The Labute approximate surface area is 104 Å². The van der Waals surface area contributed by atoms with Crippen LogP contribution < -0.4 is 10.6 Å². The van der Waals surface area contributed by atoms with Crippen LogP contribution in [0.25, 0.3) is 0 Å². The summed E-state index contributed by atoms with van der Waals surface area (Å²) in [4.78, 5) is 6.87. The van der Waals surface area contributed by atoms with Gasteiger partial charge in [-0.2, -0.15) is 0 Å². The molecule has 94 valence electrons. The van der Waals surface area contributed by atoms with Gasteiger partial charge in [0, 0.05) is 25.3 Å². The SMILES string of the molecule is CC(C)(C)c1ccc(N2CCCC(N)C2)nc1. The molecule has 0 amide bonds. The minimum absolute atomic E-state index is 0.170. The lowest BCUT2D eigenvalue weighted by Crippen LogP contribution is -2.43. The Balaban J connectivity index is 2.12. The molecule has 1 aromatic rings. The number of hydrogen-bond acceptors (Lipinski definition) is 3. The molecule has 0 radical (unpaired) electrons. The average Bonchev–Trinajstić information content (AvgIpc) is 2.28. The van der Waals surface area contributed by atoms with Crippen LogP contribution in [0.1, 0.15) is 39.2 Å². The molecule has 3 nitrogen and oxygen atoms in total. The van der Waals surface area contributed by atoms with Crippen molar-refractivity contribution in [2.24, 2.45) is 5.73 Å². The third-order valence-electron chi connectivity index (χ3n) is 3.40. The summed E-state index contributed by atoms with van der Waals surface area (Å²) in [5, 5.41) is 0. The van der Waals surface area contributed by atoms with Crippen LogP contribution in [0.4, 0.5) is 5.82 Å². The summed E-state index contributed by atoms with van der Waals surface area (Å²) in [6.45, 7) is 8.64. The van der Waals surface area contributed by atoms with E-state index in [2.05, 4.69) is 42.8 Å². The minimum Gasteiger partial charge on any atom is -0.355 e. The summed E-state index contributed by atoms with van der Waals surface area (Å²) in [7, 11) is 0. The summed E-state index contributed by atoms with van der Waals surface area (Å²) in [6.07, 6.45) is 4.30. The van der Waals surface area contributed by atoms with Crippen LogP contribution in [0.3, 0.4) is 0 Å². The van der Waals surface area contributed by atoms with Gasteiger partial charge in [0.1, 0.15) is 5.82 Å². The number of anilines is 1. The first-order valence-corrected chi connectivity index (χ1v) is 6.44. The van der Waals surface area contributed by atoms with Gasteiger partial charge in [-0.05, 0) is 29.9 Å². The smallest absolute Gasteiger partial charge is 0.128 e. The van der Waals surface area contributed by atoms with E-state index in [0.29, 0.717) is 6.04 Å². The standard InChI is InChI=1S/C14H23N3/c1-14(2,3)11-6-7-13(16-9-11)17-8-4-5-12(15)10-17/h6-7,9,12H,4-5,8,10,15H2,1-3H3. The van der Waals surface area contributed by atoms with Gasteiger partial charge in [0.05, 0.1) is 0 Å². The summed E-state index contributed by atoms with van der Waals surface area (Å²) in [5.74, 6) is 1.06. The van der Waals surface area contributed by atoms with Gasteiger partial charge in [-0.3, -0.25) is 0 Å². The van der Waals surface area contributed by atoms with Crippen LogP contribution in [-0.4, -0.2) is 24.1 Å². The van der Waals surface area contributed by atoms with Crippen LogP contribution in [0, 0.1) is 0 Å². The molecule has 0 bridgehead atoms. The van der Waals surface area contributed by atoms with Crippen LogP contribution in [0.15, 0.2) is 18.3 Å². The zero-order chi connectivity index (χ0) is 12.5. The maximum atomic E-state index is 5.99.